The lowest BCUT2D eigenvalue weighted by Crippen LogP contribution is -2.49. The van der Waals surface area contributed by atoms with Crippen molar-refractivity contribution in [1.29, 1.82) is 0 Å². The highest BCUT2D eigenvalue weighted by Crippen LogP contribution is 2.34. The number of hydrogen-bond acceptors (Lipinski definition) is 7. The van der Waals surface area contributed by atoms with E-state index >= 15 is 0 Å². The number of aromatic nitrogens is 4. The van der Waals surface area contributed by atoms with Gasteiger partial charge >= 0.3 is 6.18 Å². The van der Waals surface area contributed by atoms with Crippen molar-refractivity contribution in [3.05, 3.63) is 54.1 Å². The molecule has 2 aromatic heterocycles. The molecular formula is C21H25F3N8. The van der Waals surface area contributed by atoms with Gasteiger partial charge in [-0.25, -0.2) is 9.97 Å². The van der Waals surface area contributed by atoms with E-state index in [0.29, 0.717) is 38.5 Å². The molecule has 4 N–H and O–H groups in total. The van der Waals surface area contributed by atoms with E-state index in [-0.39, 0.29) is 6.04 Å². The fourth-order valence-electron chi connectivity index (χ4n) is 4.09. The predicted molar refractivity (Wildman–Crippen MR) is 116 cm³/mol. The lowest BCUT2D eigenvalue weighted by molar-refractivity contribution is -0.137. The van der Waals surface area contributed by atoms with Crippen LogP contribution in [0, 0.1) is 0 Å². The topological polar surface area (TPSA) is 102 Å². The maximum absolute atomic E-state index is 12.9. The first-order valence-corrected chi connectivity index (χ1v) is 10.2. The Labute approximate surface area is 183 Å². The third-order valence-corrected chi connectivity index (χ3v) is 5.75. The number of hydrogen-bond donors (Lipinski definition) is 2. The molecule has 1 aromatic carbocycles. The van der Waals surface area contributed by atoms with Crippen LogP contribution in [0.2, 0.25) is 0 Å². The first-order chi connectivity index (χ1) is 15.3. The second kappa shape index (κ2) is 8.75. The summed E-state index contributed by atoms with van der Waals surface area (Å²) < 4.78 is 40.3. The van der Waals surface area contributed by atoms with Crippen LogP contribution in [0.5, 0.6) is 0 Å². The molecule has 1 aliphatic rings. The molecule has 11 heteroatoms. The molecule has 0 aliphatic carbocycles. The third kappa shape index (κ3) is 4.39. The summed E-state index contributed by atoms with van der Waals surface area (Å²) in [6, 6.07) is 5.08. The van der Waals surface area contributed by atoms with Crippen LogP contribution in [-0.4, -0.2) is 57.4 Å². The first-order valence-electron chi connectivity index (χ1n) is 10.2. The number of alkyl halides is 3. The van der Waals surface area contributed by atoms with Crippen LogP contribution < -0.4 is 16.4 Å². The number of benzene rings is 1. The zero-order valence-electron chi connectivity index (χ0n) is 17.6. The van der Waals surface area contributed by atoms with Crippen molar-refractivity contribution in [2.75, 3.05) is 43.4 Å². The monoisotopic (exact) mass is 446 g/mol. The van der Waals surface area contributed by atoms with E-state index in [9.17, 15) is 13.2 Å². The van der Waals surface area contributed by atoms with E-state index in [0.717, 1.165) is 34.6 Å². The Morgan fingerprint density at radius 1 is 1.06 bits per heavy atom. The number of rotatable bonds is 5. The third-order valence-electron chi connectivity index (χ3n) is 5.75. The summed E-state index contributed by atoms with van der Waals surface area (Å²) in [7, 11) is 1.83. The summed E-state index contributed by atoms with van der Waals surface area (Å²) in [4.78, 5) is 12.9. The maximum atomic E-state index is 12.9. The highest BCUT2D eigenvalue weighted by Gasteiger charge is 2.31. The number of nitrogen functional groups attached to an aromatic ring is 1. The van der Waals surface area contributed by atoms with Crippen molar-refractivity contribution >= 4 is 11.6 Å². The van der Waals surface area contributed by atoms with Gasteiger partial charge in [0.15, 0.2) is 0 Å². The van der Waals surface area contributed by atoms with Gasteiger partial charge in [-0.2, -0.15) is 18.3 Å². The molecule has 3 heterocycles. The number of halogens is 3. The summed E-state index contributed by atoms with van der Waals surface area (Å²) in [5.41, 5.74) is 13.9. The number of nitrogens with zero attached hydrogens (tertiary/aromatic N) is 6. The number of anilines is 2. The normalized spacial score (nSPS) is 16.3. The van der Waals surface area contributed by atoms with Gasteiger partial charge in [0.1, 0.15) is 18.0 Å². The molecule has 170 valence electrons. The van der Waals surface area contributed by atoms with Gasteiger partial charge in [0.2, 0.25) is 0 Å². The van der Waals surface area contributed by atoms with Crippen LogP contribution in [-0.2, 0) is 13.2 Å². The Kier molecular flexibility index (Phi) is 6.02. The Hall–Kier alpha value is -3.18. The summed E-state index contributed by atoms with van der Waals surface area (Å²) in [5.74, 6) is 1.12. The van der Waals surface area contributed by atoms with E-state index in [2.05, 4.69) is 24.9 Å². The van der Waals surface area contributed by atoms with Gasteiger partial charge in [0, 0.05) is 57.6 Å². The molecule has 32 heavy (non-hydrogen) atoms. The van der Waals surface area contributed by atoms with Crippen molar-refractivity contribution in [2.45, 2.75) is 12.2 Å². The van der Waals surface area contributed by atoms with Gasteiger partial charge in [0.05, 0.1) is 17.3 Å². The van der Waals surface area contributed by atoms with Crippen LogP contribution >= 0.6 is 0 Å². The van der Waals surface area contributed by atoms with Crippen molar-refractivity contribution in [2.24, 2.45) is 12.8 Å². The smallest absolute Gasteiger partial charge is 0.383 e. The van der Waals surface area contributed by atoms with Gasteiger partial charge < -0.3 is 16.4 Å². The van der Waals surface area contributed by atoms with Gasteiger partial charge in [-0.3, -0.25) is 9.58 Å². The molecule has 1 saturated heterocycles. The van der Waals surface area contributed by atoms with Gasteiger partial charge in [-0.05, 0) is 17.7 Å². The largest absolute Gasteiger partial charge is 0.416 e. The van der Waals surface area contributed by atoms with Crippen LogP contribution in [0.4, 0.5) is 24.8 Å². The Bertz CT molecular complexity index is 1060. The first kappa shape index (κ1) is 22.0. The summed E-state index contributed by atoms with van der Waals surface area (Å²) in [6.45, 7) is 3.01. The van der Waals surface area contributed by atoms with Gasteiger partial charge in [0.25, 0.3) is 0 Å². The quantitative estimate of drug-likeness (QED) is 0.620. The second-order valence-corrected chi connectivity index (χ2v) is 7.75. The average Bonchev–Trinajstić information content (AvgIpc) is 3.20. The average molecular weight is 446 g/mol. The molecule has 1 fully saturated rings. The fourth-order valence-corrected chi connectivity index (χ4v) is 4.09. The maximum Gasteiger partial charge on any atom is 0.416 e. The minimum absolute atomic E-state index is 0.160. The molecule has 0 bridgehead atoms. The SMILES string of the molecule is Cn1cc(-c2c(N)ncnc2N2CCN([C@@H](CN)c3ccc(C(F)(F)F)cc3)CC2)cn1. The van der Waals surface area contributed by atoms with E-state index in [1.807, 2.05) is 13.2 Å². The zero-order chi connectivity index (χ0) is 22.9. The lowest BCUT2D eigenvalue weighted by atomic mass is 10.0. The highest BCUT2D eigenvalue weighted by atomic mass is 19.4. The van der Waals surface area contributed by atoms with Crippen LogP contribution in [0.15, 0.2) is 43.0 Å². The second-order valence-electron chi connectivity index (χ2n) is 7.75. The number of nitrogens with two attached hydrogens (primary N) is 2. The Morgan fingerprint density at radius 3 is 2.31 bits per heavy atom. The van der Waals surface area contributed by atoms with E-state index < -0.39 is 11.7 Å². The van der Waals surface area contributed by atoms with E-state index in [1.54, 1.807) is 10.9 Å². The summed E-state index contributed by atoms with van der Waals surface area (Å²) in [5, 5.41) is 4.22. The Balaban J connectivity index is 1.50. The van der Waals surface area contributed by atoms with Gasteiger partial charge in [-0.15, -0.1) is 0 Å². The fraction of sp³-hybridized carbons (Fsp3) is 0.381. The molecular weight excluding hydrogens is 421 g/mol. The highest BCUT2D eigenvalue weighted by molar-refractivity contribution is 5.83. The molecule has 8 nitrogen and oxygen atoms in total. The molecule has 4 rings (SSSR count). The predicted octanol–water partition coefficient (Wildman–Crippen LogP) is 2.30. The van der Waals surface area contributed by atoms with E-state index in [1.165, 1.54) is 18.5 Å². The van der Waals surface area contributed by atoms with Crippen LogP contribution in [0.3, 0.4) is 0 Å². The molecule has 3 aromatic rings. The van der Waals surface area contributed by atoms with Crippen molar-refractivity contribution in [1.82, 2.24) is 24.6 Å². The zero-order valence-corrected chi connectivity index (χ0v) is 17.6. The summed E-state index contributed by atoms with van der Waals surface area (Å²) in [6.07, 6.45) is 0.684. The van der Waals surface area contributed by atoms with Crippen LogP contribution in [0.25, 0.3) is 11.1 Å². The molecule has 0 amide bonds. The molecule has 1 atom stereocenters. The van der Waals surface area contributed by atoms with E-state index in [4.69, 9.17) is 11.5 Å². The number of aryl methyl sites for hydroxylation is 1. The van der Waals surface area contributed by atoms with Crippen molar-refractivity contribution < 1.29 is 13.2 Å². The molecule has 0 saturated carbocycles. The minimum atomic E-state index is -4.35. The standard InChI is InChI=1S/C21H25F3N8/c1-30-12-15(11-29-30)18-19(26)27-13-28-20(18)32-8-6-31(7-9-32)17(10-25)14-2-4-16(5-3-14)21(22,23)24/h2-5,11-13,17H,6-10,25H2,1H3,(H2,26,27,28)/t17-/m0/s1. The van der Waals surface area contributed by atoms with Crippen LogP contribution in [0.1, 0.15) is 17.2 Å². The molecule has 0 spiro atoms. The molecule has 1 aliphatic heterocycles. The Morgan fingerprint density at radius 2 is 1.75 bits per heavy atom. The van der Waals surface area contributed by atoms with Crippen molar-refractivity contribution in [3.63, 3.8) is 0 Å². The van der Waals surface area contributed by atoms with Gasteiger partial charge in [-0.1, -0.05) is 12.1 Å². The summed E-state index contributed by atoms with van der Waals surface area (Å²) >= 11 is 0. The number of piperazine rings is 1. The molecule has 0 radical (unpaired) electrons. The molecule has 0 unspecified atom stereocenters. The van der Waals surface area contributed by atoms with Crippen molar-refractivity contribution in [3.8, 4) is 11.1 Å². The minimum Gasteiger partial charge on any atom is -0.383 e. The lowest BCUT2D eigenvalue weighted by Gasteiger charge is -2.40.